The van der Waals surface area contributed by atoms with Gasteiger partial charge in [0, 0.05) is 0 Å². The Bertz CT molecular complexity index is 266. The molecule has 0 fully saturated rings. The molecule has 0 aliphatic rings. The SMILES string of the molecule is CC/C=C/C=C/C=C/C=C/CCCCCCCCC. The second-order valence-corrected chi connectivity index (χ2v) is 4.94. The summed E-state index contributed by atoms with van der Waals surface area (Å²) in [5.74, 6) is 0. The molecule has 0 saturated carbocycles. The summed E-state index contributed by atoms with van der Waals surface area (Å²) >= 11 is 0. The lowest BCUT2D eigenvalue weighted by molar-refractivity contribution is 0.592. The van der Waals surface area contributed by atoms with Gasteiger partial charge in [0.25, 0.3) is 0 Å². The fourth-order valence-corrected chi connectivity index (χ4v) is 1.87. The molecule has 108 valence electrons. The first kappa shape index (κ1) is 18.0. The maximum Gasteiger partial charge on any atom is -0.0348 e. The van der Waals surface area contributed by atoms with Crippen molar-refractivity contribution in [1.82, 2.24) is 0 Å². The molecule has 0 aliphatic heterocycles. The Morgan fingerprint density at radius 3 is 1.68 bits per heavy atom. The zero-order valence-electron chi connectivity index (χ0n) is 13.0. The van der Waals surface area contributed by atoms with Crippen molar-refractivity contribution in [2.24, 2.45) is 0 Å². The van der Waals surface area contributed by atoms with Crippen molar-refractivity contribution < 1.29 is 0 Å². The minimum absolute atomic E-state index is 1.10. The molecule has 0 heteroatoms. The van der Waals surface area contributed by atoms with E-state index >= 15 is 0 Å². The maximum absolute atomic E-state index is 2.28. The lowest BCUT2D eigenvalue weighted by Gasteiger charge is -1.98. The molecule has 0 rings (SSSR count). The van der Waals surface area contributed by atoms with Gasteiger partial charge < -0.3 is 0 Å². The summed E-state index contributed by atoms with van der Waals surface area (Å²) in [4.78, 5) is 0. The van der Waals surface area contributed by atoms with E-state index in [4.69, 9.17) is 0 Å². The number of hydrogen-bond acceptors (Lipinski definition) is 0. The molecular weight excluding hydrogens is 228 g/mol. The van der Waals surface area contributed by atoms with E-state index < -0.39 is 0 Å². The number of hydrogen-bond donors (Lipinski definition) is 0. The molecule has 0 amide bonds. The number of unbranched alkanes of at least 4 members (excludes halogenated alkanes) is 7. The fourth-order valence-electron chi connectivity index (χ4n) is 1.87. The van der Waals surface area contributed by atoms with Gasteiger partial charge in [-0.15, -0.1) is 0 Å². The minimum atomic E-state index is 1.10. The molecule has 0 aromatic heterocycles. The van der Waals surface area contributed by atoms with Gasteiger partial charge in [-0.2, -0.15) is 0 Å². The van der Waals surface area contributed by atoms with Crippen LogP contribution in [0.3, 0.4) is 0 Å². The van der Waals surface area contributed by atoms with Crippen molar-refractivity contribution in [1.29, 1.82) is 0 Å². The summed E-state index contributed by atoms with van der Waals surface area (Å²) < 4.78 is 0. The Labute approximate surface area is 121 Å². The molecule has 0 spiro atoms. The van der Waals surface area contributed by atoms with Gasteiger partial charge in [0.1, 0.15) is 0 Å². The zero-order chi connectivity index (χ0) is 14.0. The van der Waals surface area contributed by atoms with Crippen LogP contribution >= 0.6 is 0 Å². The predicted molar refractivity (Wildman–Crippen MR) is 89.5 cm³/mol. The normalized spacial score (nSPS) is 12.7. The molecule has 0 aromatic carbocycles. The van der Waals surface area contributed by atoms with E-state index in [1.165, 1.54) is 51.4 Å². The van der Waals surface area contributed by atoms with E-state index in [-0.39, 0.29) is 0 Å². The lowest BCUT2D eigenvalue weighted by Crippen LogP contribution is -1.78. The van der Waals surface area contributed by atoms with Crippen molar-refractivity contribution in [2.45, 2.75) is 71.6 Å². The van der Waals surface area contributed by atoms with E-state index in [0.29, 0.717) is 0 Å². The van der Waals surface area contributed by atoms with Crippen LogP contribution in [0.5, 0.6) is 0 Å². The van der Waals surface area contributed by atoms with Crippen molar-refractivity contribution >= 4 is 0 Å². The summed E-state index contributed by atoms with van der Waals surface area (Å²) in [6, 6.07) is 0. The molecule has 0 bridgehead atoms. The highest BCUT2D eigenvalue weighted by Gasteiger charge is 1.88. The summed E-state index contributed by atoms with van der Waals surface area (Å²) in [7, 11) is 0. The first-order chi connectivity index (χ1) is 9.41. The number of rotatable bonds is 12. The van der Waals surface area contributed by atoms with E-state index in [9.17, 15) is 0 Å². The second kappa shape index (κ2) is 17.0. The van der Waals surface area contributed by atoms with Crippen LogP contribution in [0.15, 0.2) is 48.6 Å². The van der Waals surface area contributed by atoms with Gasteiger partial charge in [0.2, 0.25) is 0 Å². The molecule has 0 atom stereocenters. The standard InChI is InChI=1S/C19H32/c1-3-5-7-9-11-13-15-17-19-18-16-14-12-10-8-6-4-2/h5,7,9,11,13,15,17,19H,3-4,6,8,10,12,14,16,18H2,1-2H3/b7-5+,11-9+,15-13+,19-17+. The Morgan fingerprint density at radius 1 is 0.526 bits per heavy atom. The van der Waals surface area contributed by atoms with Gasteiger partial charge in [-0.05, 0) is 19.3 Å². The van der Waals surface area contributed by atoms with Crippen molar-refractivity contribution in [3.05, 3.63) is 48.6 Å². The Balaban J connectivity index is 3.31. The average molecular weight is 260 g/mol. The fraction of sp³-hybridized carbons (Fsp3) is 0.579. The summed E-state index contributed by atoms with van der Waals surface area (Å²) in [6.45, 7) is 4.42. The van der Waals surface area contributed by atoms with Gasteiger partial charge in [-0.1, -0.05) is 101 Å². The van der Waals surface area contributed by atoms with Crippen molar-refractivity contribution in [3.63, 3.8) is 0 Å². The van der Waals surface area contributed by atoms with Crippen molar-refractivity contribution in [3.8, 4) is 0 Å². The van der Waals surface area contributed by atoms with Gasteiger partial charge in [-0.3, -0.25) is 0 Å². The molecule has 0 N–H and O–H groups in total. The first-order valence-electron chi connectivity index (χ1n) is 8.06. The second-order valence-electron chi connectivity index (χ2n) is 4.94. The van der Waals surface area contributed by atoms with Crippen LogP contribution in [-0.2, 0) is 0 Å². The molecule has 0 saturated heterocycles. The highest BCUT2D eigenvalue weighted by molar-refractivity contribution is 5.15. The van der Waals surface area contributed by atoms with Crippen LogP contribution in [0, 0.1) is 0 Å². The highest BCUT2D eigenvalue weighted by atomic mass is 13.9. The summed E-state index contributed by atoms with van der Waals surface area (Å²) in [6.07, 6.45) is 29.1. The third kappa shape index (κ3) is 17.0. The largest absolute Gasteiger partial charge is 0.0848 e. The molecular formula is C19H32. The molecule has 0 aromatic rings. The summed E-state index contributed by atoms with van der Waals surface area (Å²) in [5, 5.41) is 0. The molecule has 0 aliphatic carbocycles. The van der Waals surface area contributed by atoms with Crippen LogP contribution in [0.2, 0.25) is 0 Å². The van der Waals surface area contributed by atoms with Crippen LogP contribution in [0.4, 0.5) is 0 Å². The van der Waals surface area contributed by atoms with Crippen LogP contribution in [0.25, 0.3) is 0 Å². The Morgan fingerprint density at radius 2 is 1.05 bits per heavy atom. The topological polar surface area (TPSA) is 0 Å². The third-order valence-corrected chi connectivity index (χ3v) is 3.04. The quantitative estimate of drug-likeness (QED) is 0.268. The van der Waals surface area contributed by atoms with Crippen molar-refractivity contribution in [2.75, 3.05) is 0 Å². The van der Waals surface area contributed by atoms with E-state index in [1.54, 1.807) is 0 Å². The van der Waals surface area contributed by atoms with Gasteiger partial charge in [0.05, 0.1) is 0 Å². The van der Waals surface area contributed by atoms with Crippen LogP contribution in [-0.4, -0.2) is 0 Å². The van der Waals surface area contributed by atoms with E-state index in [1.807, 2.05) is 0 Å². The average Bonchev–Trinajstić information content (AvgIpc) is 2.43. The number of allylic oxidation sites excluding steroid dienone is 8. The third-order valence-electron chi connectivity index (χ3n) is 3.04. The zero-order valence-corrected chi connectivity index (χ0v) is 13.0. The first-order valence-corrected chi connectivity index (χ1v) is 8.06. The lowest BCUT2D eigenvalue weighted by atomic mass is 10.1. The molecule has 0 radical (unpaired) electrons. The monoisotopic (exact) mass is 260 g/mol. The van der Waals surface area contributed by atoms with Gasteiger partial charge in [0.15, 0.2) is 0 Å². The Kier molecular flexibility index (Phi) is 16.0. The van der Waals surface area contributed by atoms with E-state index in [2.05, 4.69) is 62.5 Å². The predicted octanol–water partition coefficient (Wildman–Crippen LogP) is 6.76. The molecule has 0 heterocycles. The molecule has 19 heavy (non-hydrogen) atoms. The molecule has 0 nitrogen and oxygen atoms in total. The smallest absolute Gasteiger partial charge is 0.0348 e. The van der Waals surface area contributed by atoms with Crippen LogP contribution in [0.1, 0.15) is 71.6 Å². The van der Waals surface area contributed by atoms with Gasteiger partial charge >= 0.3 is 0 Å². The Hall–Kier alpha value is -1.04. The van der Waals surface area contributed by atoms with E-state index in [0.717, 1.165) is 6.42 Å². The maximum atomic E-state index is 2.28. The summed E-state index contributed by atoms with van der Waals surface area (Å²) in [5.41, 5.74) is 0. The highest BCUT2D eigenvalue weighted by Crippen LogP contribution is 2.08. The minimum Gasteiger partial charge on any atom is -0.0848 e. The van der Waals surface area contributed by atoms with Crippen LogP contribution < -0.4 is 0 Å². The molecule has 0 unspecified atom stereocenters. The van der Waals surface area contributed by atoms with Gasteiger partial charge in [-0.25, -0.2) is 0 Å².